The van der Waals surface area contributed by atoms with Crippen molar-refractivity contribution in [1.29, 1.82) is 0 Å². The Kier molecular flexibility index (Phi) is 7.29. The van der Waals surface area contributed by atoms with Gasteiger partial charge >= 0.3 is 6.01 Å². The number of halogens is 2. The number of hydrogen-bond donors (Lipinski definition) is 1. The Labute approximate surface area is 180 Å². The highest BCUT2D eigenvalue weighted by Gasteiger charge is 2.23. The molecule has 3 rings (SSSR count). The minimum absolute atomic E-state index is 0.106. The zero-order chi connectivity index (χ0) is 20.8. The van der Waals surface area contributed by atoms with Gasteiger partial charge in [-0.05, 0) is 55.7 Å². The smallest absolute Gasteiger partial charge is 0.321 e. The number of benzene rings is 2. The van der Waals surface area contributed by atoms with E-state index in [0.29, 0.717) is 41.1 Å². The summed E-state index contributed by atoms with van der Waals surface area (Å²) in [5, 5.41) is 8.53. The normalized spacial score (nSPS) is 12.2. The molecule has 0 bridgehead atoms. The van der Waals surface area contributed by atoms with E-state index in [9.17, 15) is 4.79 Å². The number of rotatable bonds is 9. The Bertz CT molecular complexity index is 937. The Hall–Kier alpha value is -2.37. The van der Waals surface area contributed by atoms with Crippen LogP contribution in [0.1, 0.15) is 43.1 Å². The van der Waals surface area contributed by atoms with E-state index in [-0.39, 0.29) is 17.7 Å². The number of ketones is 1. The van der Waals surface area contributed by atoms with E-state index in [1.165, 1.54) is 0 Å². The predicted molar refractivity (Wildman–Crippen MR) is 116 cm³/mol. The molecule has 0 radical (unpaired) electrons. The van der Waals surface area contributed by atoms with E-state index in [1.54, 1.807) is 12.1 Å². The highest BCUT2D eigenvalue weighted by molar-refractivity contribution is 6.30. The number of aromatic nitrogens is 2. The first-order valence-electron chi connectivity index (χ1n) is 9.50. The van der Waals surface area contributed by atoms with E-state index in [1.807, 2.05) is 50.2 Å². The number of hydrogen-bond acceptors (Lipinski definition) is 5. The van der Waals surface area contributed by atoms with Crippen LogP contribution in [-0.4, -0.2) is 22.0 Å². The van der Waals surface area contributed by atoms with Crippen LogP contribution in [0.4, 0.5) is 6.01 Å². The molecule has 0 fully saturated rings. The summed E-state index contributed by atoms with van der Waals surface area (Å²) in [5.41, 5.74) is 1.99. The van der Waals surface area contributed by atoms with E-state index in [0.717, 1.165) is 11.1 Å². The molecule has 1 N–H and O–H groups in total. The molecule has 29 heavy (non-hydrogen) atoms. The first kappa shape index (κ1) is 21.3. The zero-order valence-electron chi connectivity index (χ0n) is 16.4. The molecule has 7 heteroatoms. The van der Waals surface area contributed by atoms with E-state index >= 15 is 0 Å². The summed E-state index contributed by atoms with van der Waals surface area (Å²) in [4.78, 5) is 17.2. The number of carbonyl (C=O) groups is 1. The quantitative estimate of drug-likeness (QED) is 0.468. The van der Waals surface area contributed by atoms with Crippen LogP contribution in [0.5, 0.6) is 0 Å². The van der Waals surface area contributed by atoms with Gasteiger partial charge in [-0.3, -0.25) is 4.79 Å². The fourth-order valence-electron chi connectivity index (χ4n) is 3.04. The maximum atomic E-state index is 12.8. The van der Waals surface area contributed by atoms with Crippen LogP contribution in [-0.2, 0) is 17.6 Å². The number of carbonyl (C=O) groups excluding carboxylic acids is 1. The zero-order valence-corrected chi connectivity index (χ0v) is 17.9. The maximum absolute atomic E-state index is 12.8. The molecule has 1 atom stereocenters. The fraction of sp³-hybridized carbons (Fsp3) is 0.318. The maximum Gasteiger partial charge on any atom is 0.321 e. The summed E-state index contributed by atoms with van der Waals surface area (Å²) >= 11 is 11.9. The summed E-state index contributed by atoms with van der Waals surface area (Å²) in [6.45, 7) is 3.98. The van der Waals surface area contributed by atoms with Crippen molar-refractivity contribution >= 4 is 35.0 Å². The molecule has 0 amide bonds. The lowest BCUT2D eigenvalue weighted by Gasteiger charge is -2.13. The van der Waals surface area contributed by atoms with Gasteiger partial charge in [0, 0.05) is 34.8 Å². The predicted octanol–water partition coefficient (Wildman–Crippen LogP) is 5.72. The number of nitrogens with one attached hydrogen (secondary N) is 1. The minimum atomic E-state index is -0.192. The molecule has 0 saturated carbocycles. The van der Waals surface area contributed by atoms with Gasteiger partial charge in [-0.1, -0.05) is 52.6 Å². The van der Waals surface area contributed by atoms with Crippen molar-refractivity contribution in [3.63, 3.8) is 0 Å². The van der Waals surface area contributed by atoms with Gasteiger partial charge in [0.2, 0.25) is 0 Å². The number of Topliss-reactive ketones (excluding diaryl/α,β-unsaturated/α-hetero) is 1. The average Bonchev–Trinajstić information content (AvgIpc) is 3.12. The molecule has 2 aromatic carbocycles. The minimum Gasteiger partial charge on any atom is -0.336 e. The molecule has 152 valence electrons. The third-order valence-electron chi connectivity index (χ3n) is 4.40. The van der Waals surface area contributed by atoms with Crippen LogP contribution >= 0.6 is 23.2 Å². The van der Waals surface area contributed by atoms with Gasteiger partial charge in [-0.15, -0.1) is 0 Å². The molecule has 5 nitrogen and oxygen atoms in total. The van der Waals surface area contributed by atoms with Gasteiger partial charge in [0.05, 0.1) is 0 Å². The molecule has 0 spiro atoms. The first-order chi connectivity index (χ1) is 13.9. The molecule has 1 aromatic heterocycles. The Morgan fingerprint density at radius 2 is 1.59 bits per heavy atom. The lowest BCUT2D eigenvalue weighted by atomic mass is 9.91. The molecule has 0 unspecified atom stereocenters. The van der Waals surface area contributed by atoms with Crippen molar-refractivity contribution in [3.05, 3.63) is 75.5 Å². The van der Waals surface area contributed by atoms with Crippen molar-refractivity contribution in [1.82, 2.24) is 10.1 Å². The van der Waals surface area contributed by atoms with Gasteiger partial charge < -0.3 is 9.84 Å². The molecule has 0 aliphatic carbocycles. The SMILES string of the molecule is CC(C)Nc1nc([C@@H](CC(=O)Cc2ccc(Cl)cc2)Cc2ccc(Cl)cc2)no1. The lowest BCUT2D eigenvalue weighted by Crippen LogP contribution is -2.14. The topological polar surface area (TPSA) is 68.0 Å². The second-order valence-corrected chi connectivity index (χ2v) is 8.20. The van der Waals surface area contributed by atoms with E-state index < -0.39 is 0 Å². The summed E-state index contributed by atoms with van der Waals surface area (Å²) in [6, 6.07) is 15.4. The Morgan fingerprint density at radius 3 is 2.17 bits per heavy atom. The highest BCUT2D eigenvalue weighted by Crippen LogP contribution is 2.25. The Balaban J connectivity index is 1.75. The molecule has 0 saturated heterocycles. The van der Waals surface area contributed by atoms with Crippen LogP contribution in [0.15, 0.2) is 53.1 Å². The largest absolute Gasteiger partial charge is 0.336 e. The first-order valence-corrected chi connectivity index (χ1v) is 10.3. The van der Waals surface area contributed by atoms with Crippen molar-refractivity contribution in [2.75, 3.05) is 5.32 Å². The molecule has 0 aliphatic heterocycles. The van der Waals surface area contributed by atoms with Gasteiger partial charge in [0.1, 0.15) is 5.78 Å². The van der Waals surface area contributed by atoms with E-state index in [4.69, 9.17) is 27.7 Å². The van der Waals surface area contributed by atoms with Crippen molar-refractivity contribution in [2.24, 2.45) is 0 Å². The van der Waals surface area contributed by atoms with Gasteiger partial charge in [0.25, 0.3) is 0 Å². The van der Waals surface area contributed by atoms with Gasteiger partial charge in [-0.2, -0.15) is 4.98 Å². The van der Waals surface area contributed by atoms with Crippen LogP contribution in [0.25, 0.3) is 0 Å². The van der Waals surface area contributed by atoms with Crippen molar-refractivity contribution in [2.45, 2.75) is 45.1 Å². The van der Waals surface area contributed by atoms with Crippen molar-refractivity contribution < 1.29 is 9.32 Å². The Morgan fingerprint density at radius 1 is 1.00 bits per heavy atom. The third kappa shape index (κ3) is 6.58. The fourth-order valence-corrected chi connectivity index (χ4v) is 3.29. The highest BCUT2D eigenvalue weighted by atomic mass is 35.5. The van der Waals surface area contributed by atoms with Crippen molar-refractivity contribution in [3.8, 4) is 0 Å². The molecule has 3 aromatic rings. The number of nitrogens with zero attached hydrogens (tertiary/aromatic N) is 2. The molecular weight excluding hydrogens is 409 g/mol. The van der Waals surface area contributed by atoms with Crippen LogP contribution < -0.4 is 5.32 Å². The van der Waals surface area contributed by atoms with Gasteiger partial charge in [0.15, 0.2) is 5.82 Å². The van der Waals surface area contributed by atoms with Crippen LogP contribution in [0.3, 0.4) is 0 Å². The molecular formula is C22H23Cl2N3O2. The van der Waals surface area contributed by atoms with Gasteiger partial charge in [-0.25, -0.2) is 0 Å². The number of anilines is 1. The monoisotopic (exact) mass is 431 g/mol. The van der Waals surface area contributed by atoms with Crippen LogP contribution in [0.2, 0.25) is 10.0 Å². The standard InChI is InChI=1S/C22H23Cl2N3O2/c1-14(2)25-22-26-21(27-29-22)17(11-15-3-7-18(23)8-4-15)13-20(28)12-16-5-9-19(24)10-6-16/h3-10,14,17H,11-13H2,1-2H3,(H,25,26,27)/t17-/m1/s1. The summed E-state index contributed by atoms with van der Waals surface area (Å²) in [7, 11) is 0. The molecule has 1 heterocycles. The second kappa shape index (κ2) is 9.90. The lowest BCUT2D eigenvalue weighted by molar-refractivity contribution is -0.118. The third-order valence-corrected chi connectivity index (χ3v) is 4.91. The van der Waals surface area contributed by atoms with E-state index in [2.05, 4.69) is 15.5 Å². The molecule has 0 aliphatic rings. The van der Waals surface area contributed by atoms with Crippen LogP contribution in [0, 0.1) is 0 Å². The summed E-state index contributed by atoms with van der Waals surface area (Å²) in [6.07, 6.45) is 1.26. The average molecular weight is 432 g/mol. The summed E-state index contributed by atoms with van der Waals surface area (Å²) < 4.78 is 5.31. The second-order valence-electron chi connectivity index (χ2n) is 7.33. The summed E-state index contributed by atoms with van der Waals surface area (Å²) in [5.74, 6) is 0.435.